The standard InChI is InChI=1S/C24H18N4S/c1-3-9-17(10-4-1)19-15-29-24-21(19)23(26-16-27-24)28-22(18-11-5-2-6-12-18)20-13-7-8-14-25-20/h1-16,22H,(H,26,27,28)/t22-/m1/s1. The van der Waals surface area contributed by atoms with Crippen LogP contribution in [0, 0.1) is 0 Å². The first-order chi connectivity index (χ1) is 14.4. The lowest BCUT2D eigenvalue weighted by atomic mass is 10.0. The van der Waals surface area contributed by atoms with Gasteiger partial charge in [-0.25, -0.2) is 9.97 Å². The fourth-order valence-electron chi connectivity index (χ4n) is 3.47. The minimum absolute atomic E-state index is 0.112. The van der Waals surface area contributed by atoms with Gasteiger partial charge < -0.3 is 5.32 Å². The third-order valence-corrected chi connectivity index (χ3v) is 5.74. The predicted octanol–water partition coefficient (Wildman–Crippen LogP) is 5.95. The van der Waals surface area contributed by atoms with Crippen molar-refractivity contribution in [3.05, 3.63) is 108 Å². The molecule has 0 aliphatic carbocycles. The van der Waals surface area contributed by atoms with Crippen molar-refractivity contribution in [1.82, 2.24) is 15.0 Å². The van der Waals surface area contributed by atoms with Crippen LogP contribution in [0.5, 0.6) is 0 Å². The fourth-order valence-corrected chi connectivity index (χ4v) is 4.39. The molecule has 1 atom stereocenters. The van der Waals surface area contributed by atoms with E-state index in [-0.39, 0.29) is 6.04 Å². The quantitative estimate of drug-likeness (QED) is 0.400. The molecule has 5 aromatic rings. The molecule has 3 heterocycles. The van der Waals surface area contributed by atoms with E-state index in [0.717, 1.165) is 38.4 Å². The summed E-state index contributed by atoms with van der Waals surface area (Å²) in [4.78, 5) is 14.7. The van der Waals surface area contributed by atoms with Crippen molar-refractivity contribution in [2.75, 3.05) is 5.32 Å². The Morgan fingerprint density at radius 3 is 2.28 bits per heavy atom. The zero-order valence-electron chi connectivity index (χ0n) is 15.6. The lowest BCUT2D eigenvalue weighted by Gasteiger charge is -2.20. The van der Waals surface area contributed by atoms with Gasteiger partial charge in [0.25, 0.3) is 0 Å². The Balaban J connectivity index is 1.64. The molecule has 0 bridgehead atoms. The molecule has 0 fully saturated rings. The molecule has 0 spiro atoms. The minimum Gasteiger partial charge on any atom is -0.357 e. The highest BCUT2D eigenvalue weighted by molar-refractivity contribution is 7.17. The second kappa shape index (κ2) is 7.81. The Labute approximate surface area is 172 Å². The second-order valence-corrected chi connectivity index (χ2v) is 7.52. The highest BCUT2D eigenvalue weighted by Gasteiger charge is 2.19. The zero-order valence-corrected chi connectivity index (χ0v) is 16.4. The largest absolute Gasteiger partial charge is 0.357 e. The van der Waals surface area contributed by atoms with Crippen molar-refractivity contribution in [2.45, 2.75) is 6.04 Å². The molecule has 3 aromatic heterocycles. The van der Waals surface area contributed by atoms with Gasteiger partial charge in [-0.1, -0.05) is 66.7 Å². The average molecular weight is 395 g/mol. The lowest BCUT2D eigenvalue weighted by molar-refractivity contribution is 0.879. The van der Waals surface area contributed by atoms with Crippen LogP contribution in [0.2, 0.25) is 0 Å². The van der Waals surface area contributed by atoms with E-state index in [1.807, 2.05) is 48.7 Å². The van der Waals surface area contributed by atoms with Crippen molar-refractivity contribution in [1.29, 1.82) is 0 Å². The van der Waals surface area contributed by atoms with E-state index in [1.54, 1.807) is 17.7 Å². The predicted molar refractivity (Wildman–Crippen MR) is 119 cm³/mol. The molecule has 0 radical (unpaired) electrons. The van der Waals surface area contributed by atoms with Crippen LogP contribution in [0.4, 0.5) is 5.82 Å². The van der Waals surface area contributed by atoms with Crippen LogP contribution < -0.4 is 5.32 Å². The number of hydrogen-bond donors (Lipinski definition) is 1. The number of hydrogen-bond acceptors (Lipinski definition) is 5. The number of anilines is 1. The Bertz CT molecular complexity index is 1180. The summed E-state index contributed by atoms with van der Waals surface area (Å²) in [7, 11) is 0. The Hall–Kier alpha value is -3.57. The molecular weight excluding hydrogens is 376 g/mol. The van der Waals surface area contributed by atoms with Crippen LogP contribution >= 0.6 is 11.3 Å². The first kappa shape index (κ1) is 17.5. The molecule has 1 N–H and O–H groups in total. The summed E-state index contributed by atoms with van der Waals surface area (Å²) in [6, 6.07) is 26.6. The monoisotopic (exact) mass is 394 g/mol. The molecule has 29 heavy (non-hydrogen) atoms. The number of nitrogens with zero attached hydrogens (tertiary/aromatic N) is 3. The molecule has 0 aliphatic heterocycles. The van der Waals surface area contributed by atoms with Crippen molar-refractivity contribution in [3.63, 3.8) is 0 Å². The molecule has 0 aliphatic rings. The van der Waals surface area contributed by atoms with Gasteiger partial charge in [-0.15, -0.1) is 11.3 Å². The Morgan fingerprint density at radius 1 is 0.759 bits per heavy atom. The van der Waals surface area contributed by atoms with E-state index in [0.29, 0.717) is 0 Å². The number of thiophene rings is 1. The Morgan fingerprint density at radius 2 is 1.52 bits per heavy atom. The highest BCUT2D eigenvalue weighted by atomic mass is 32.1. The van der Waals surface area contributed by atoms with Gasteiger partial charge >= 0.3 is 0 Å². The highest BCUT2D eigenvalue weighted by Crippen LogP contribution is 2.38. The van der Waals surface area contributed by atoms with Crippen molar-refractivity contribution in [2.24, 2.45) is 0 Å². The fraction of sp³-hybridized carbons (Fsp3) is 0.0417. The number of fused-ring (bicyclic) bond motifs is 1. The zero-order chi connectivity index (χ0) is 19.5. The van der Waals surface area contributed by atoms with Gasteiger partial charge in [-0.05, 0) is 23.3 Å². The van der Waals surface area contributed by atoms with Crippen molar-refractivity contribution < 1.29 is 0 Å². The van der Waals surface area contributed by atoms with Gasteiger partial charge in [-0.2, -0.15) is 0 Å². The Kier molecular flexibility index (Phi) is 4.72. The summed E-state index contributed by atoms with van der Waals surface area (Å²) in [5.41, 5.74) is 4.38. The molecule has 0 saturated heterocycles. The van der Waals surface area contributed by atoms with Crippen LogP contribution in [0.25, 0.3) is 21.3 Å². The van der Waals surface area contributed by atoms with Crippen LogP contribution in [-0.2, 0) is 0 Å². The molecule has 140 valence electrons. The SMILES string of the molecule is c1ccc(-c2csc3ncnc(N[C@H](c4ccccc4)c4ccccn4)c23)cc1. The van der Waals surface area contributed by atoms with E-state index in [2.05, 4.69) is 62.0 Å². The summed E-state index contributed by atoms with van der Waals surface area (Å²) in [6.45, 7) is 0. The maximum atomic E-state index is 4.61. The van der Waals surface area contributed by atoms with Crippen LogP contribution in [-0.4, -0.2) is 15.0 Å². The van der Waals surface area contributed by atoms with E-state index >= 15 is 0 Å². The summed E-state index contributed by atoms with van der Waals surface area (Å²) >= 11 is 1.63. The molecule has 4 nitrogen and oxygen atoms in total. The van der Waals surface area contributed by atoms with Crippen LogP contribution in [0.15, 0.2) is 96.8 Å². The molecule has 0 unspecified atom stereocenters. The van der Waals surface area contributed by atoms with E-state index in [1.165, 1.54) is 0 Å². The number of nitrogens with one attached hydrogen (secondary N) is 1. The molecule has 5 heteroatoms. The number of rotatable bonds is 5. The van der Waals surface area contributed by atoms with Crippen molar-refractivity contribution >= 4 is 27.4 Å². The number of benzene rings is 2. The molecule has 0 amide bonds. The van der Waals surface area contributed by atoms with E-state index in [4.69, 9.17) is 0 Å². The number of pyridine rings is 1. The lowest BCUT2D eigenvalue weighted by Crippen LogP contribution is -2.15. The van der Waals surface area contributed by atoms with Crippen molar-refractivity contribution in [3.8, 4) is 11.1 Å². The third kappa shape index (κ3) is 3.48. The van der Waals surface area contributed by atoms with E-state index < -0.39 is 0 Å². The average Bonchev–Trinajstić information content (AvgIpc) is 3.24. The molecule has 5 rings (SSSR count). The summed E-state index contributed by atoms with van der Waals surface area (Å²) in [5.74, 6) is 0.814. The molecule has 0 saturated carbocycles. The van der Waals surface area contributed by atoms with Crippen LogP contribution in [0.3, 0.4) is 0 Å². The second-order valence-electron chi connectivity index (χ2n) is 6.66. The summed E-state index contributed by atoms with van der Waals surface area (Å²) in [5, 5.41) is 6.84. The van der Waals surface area contributed by atoms with Gasteiger partial charge in [0, 0.05) is 17.1 Å². The maximum absolute atomic E-state index is 4.61. The van der Waals surface area contributed by atoms with Gasteiger partial charge in [0.15, 0.2) is 0 Å². The topological polar surface area (TPSA) is 50.7 Å². The normalized spacial score (nSPS) is 12.0. The molecule has 2 aromatic carbocycles. The van der Waals surface area contributed by atoms with Crippen LogP contribution in [0.1, 0.15) is 17.3 Å². The first-order valence-corrected chi connectivity index (χ1v) is 10.3. The number of aromatic nitrogens is 3. The maximum Gasteiger partial charge on any atom is 0.139 e. The third-order valence-electron chi connectivity index (χ3n) is 4.85. The summed E-state index contributed by atoms with van der Waals surface area (Å²) in [6.07, 6.45) is 3.44. The smallest absolute Gasteiger partial charge is 0.139 e. The summed E-state index contributed by atoms with van der Waals surface area (Å²) < 4.78 is 0. The first-order valence-electron chi connectivity index (χ1n) is 9.40. The van der Waals surface area contributed by atoms with E-state index in [9.17, 15) is 0 Å². The van der Waals surface area contributed by atoms with Gasteiger partial charge in [0.05, 0.1) is 17.1 Å². The van der Waals surface area contributed by atoms with Gasteiger partial charge in [0.2, 0.25) is 0 Å². The van der Waals surface area contributed by atoms with Gasteiger partial charge in [0.1, 0.15) is 17.0 Å². The molecular formula is C24H18N4S. The van der Waals surface area contributed by atoms with Gasteiger partial charge in [-0.3, -0.25) is 4.98 Å². The minimum atomic E-state index is -0.112.